The first-order valence-corrected chi connectivity index (χ1v) is 23.2. The first-order chi connectivity index (χ1) is 27.9. The van der Waals surface area contributed by atoms with E-state index >= 15 is 0 Å². The van der Waals surface area contributed by atoms with Crippen LogP contribution in [0.25, 0.3) is 22.5 Å². The van der Waals surface area contributed by atoms with E-state index in [0.717, 1.165) is 67.3 Å². The summed E-state index contributed by atoms with van der Waals surface area (Å²) in [4.78, 5) is 62.4. The van der Waals surface area contributed by atoms with Gasteiger partial charge in [-0.05, 0) is 63.0 Å². The van der Waals surface area contributed by atoms with E-state index < -0.39 is 6.72 Å². The zero-order chi connectivity index (χ0) is 41.9. The largest absolute Gasteiger partial charge is 0.379 e. The Hall–Kier alpha value is -3.85. The van der Waals surface area contributed by atoms with Crippen molar-refractivity contribution < 1.29 is 37.9 Å². The molecule has 318 valence electrons. The molecule has 2 aromatic carbocycles. The number of amides is 3. The number of aryl methyl sites for hydroxylation is 1. The maximum Gasteiger partial charge on any atom is 0.324 e. The van der Waals surface area contributed by atoms with Crippen LogP contribution in [0.3, 0.4) is 0 Å². The normalized spacial score (nSPS) is 13.3. The standard InChI is InChI=1S/C42H61N6O8PS/c1-31(2)37(49)23-28-54-29-25-44-39(51)21-22-40(52)47-30-33-16-9-10-17-34(33)42-41(35-18-11-12-19-36(35)47)45-46-48(42)26-14-7-8-20-38(50)43-24-13-5-6-15-27-55-57(53,58)56-32(3)4/h9-12,16-19,31-32H,5-8,13-15,20-30H2,1-4H3,(H,43,50)(H,44,51)(H,53,58). The molecular weight excluding hydrogens is 780 g/mol. The van der Waals surface area contributed by atoms with Gasteiger partial charge in [-0.2, -0.15) is 0 Å². The molecule has 0 saturated carbocycles. The molecule has 1 aliphatic heterocycles. The van der Waals surface area contributed by atoms with Crippen LogP contribution < -0.4 is 15.5 Å². The number of hydrogen-bond acceptors (Lipinski definition) is 10. The Morgan fingerprint density at radius 1 is 0.793 bits per heavy atom. The SMILES string of the molecule is CC(C)OP(O)(=S)OCCCCCCNC(=O)CCCCCn1nnc2c1-c1ccccc1CN(C(=O)CCC(=O)NCCOCCC(=O)C(C)C)c1ccccc1-2. The summed E-state index contributed by atoms with van der Waals surface area (Å²) in [5, 5.41) is 15.0. The van der Waals surface area contributed by atoms with Crippen molar-refractivity contribution in [1.82, 2.24) is 25.6 Å². The van der Waals surface area contributed by atoms with Crippen molar-refractivity contribution in [3.05, 3.63) is 54.1 Å². The molecule has 3 amide bonds. The van der Waals surface area contributed by atoms with Crippen molar-refractivity contribution in [1.29, 1.82) is 0 Å². The number of hydrogen-bond donors (Lipinski definition) is 3. The van der Waals surface area contributed by atoms with E-state index in [0.29, 0.717) is 70.2 Å². The zero-order valence-electron chi connectivity index (χ0n) is 34.5. The van der Waals surface area contributed by atoms with E-state index in [9.17, 15) is 24.1 Å². The molecule has 1 aliphatic rings. The first-order valence-electron chi connectivity index (χ1n) is 20.6. The van der Waals surface area contributed by atoms with Crippen molar-refractivity contribution in [3.8, 4) is 22.5 Å². The minimum atomic E-state index is -3.16. The van der Waals surface area contributed by atoms with E-state index in [4.69, 9.17) is 25.6 Å². The summed E-state index contributed by atoms with van der Waals surface area (Å²) in [5.74, 6) is -0.256. The van der Waals surface area contributed by atoms with Gasteiger partial charge in [0.25, 0.3) is 0 Å². The summed E-state index contributed by atoms with van der Waals surface area (Å²) in [6.45, 7) is 7.00. The molecular formula is C42H61N6O8PS. The van der Waals surface area contributed by atoms with Crippen molar-refractivity contribution in [2.45, 2.75) is 118 Å². The van der Waals surface area contributed by atoms with Gasteiger partial charge in [0.05, 0.1) is 43.9 Å². The topological polar surface area (TPSA) is 174 Å². The van der Waals surface area contributed by atoms with Crippen LogP contribution in [0, 0.1) is 5.92 Å². The number of carbonyl (C=O) groups excluding carboxylic acids is 4. The predicted molar refractivity (Wildman–Crippen MR) is 228 cm³/mol. The van der Waals surface area contributed by atoms with Gasteiger partial charge in [-0.15, -0.1) is 5.10 Å². The first kappa shape index (κ1) is 46.8. The maximum absolute atomic E-state index is 13.8. The molecule has 0 aliphatic carbocycles. The van der Waals surface area contributed by atoms with Crippen LogP contribution in [-0.2, 0) is 57.9 Å². The highest BCUT2D eigenvalue weighted by molar-refractivity contribution is 8.07. The minimum absolute atomic E-state index is 0.0257. The molecule has 4 rings (SSSR count). The van der Waals surface area contributed by atoms with Crippen LogP contribution in [0.5, 0.6) is 0 Å². The van der Waals surface area contributed by atoms with Crippen LogP contribution in [0.15, 0.2) is 48.5 Å². The lowest BCUT2D eigenvalue weighted by atomic mass is 9.95. The molecule has 1 aromatic heterocycles. The second-order valence-corrected chi connectivity index (χ2v) is 17.8. The van der Waals surface area contributed by atoms with Crippen LogP contribution in [-0.4, -0.2) is 82.4 Å². The van der Waals surface area contributed by atoms with E-state index in [1.807, 2.05) is 67.1 Å². The van der Waals surface area contributed by atoms with Gasteiger partial charge in [0, 0.05) is 62.4 Å². The Labute approximate surface area is 348 Å². The summed E-state index contributed by atoms with van der Waals surface area (Å²) in [6, 6.07) is 15.6. The fraction of sp³-hybridized carbons (Fsp3) is 0.571. The molecule has 16 heteroatoms. The molecule has 3 N–H and O–H groups in total. The number of Topliss-reactive ketones (excluding diaryl/α,β-unsaturated/α-hetero) is 1. The van der Waals surface area contributed by atoms with Gasteiger partial charge in [0.2, 0.25) is 17.7 Å². The number of carbonyl (C=O) groups is 4. The number of anilines is 1. The van der Waals surface area contributed by atoms with Gasteiger partial charge in [-0.3, -0.25) is 19.2 Å². The van der Waals surface area contributed by atoms with Crippen LogP contribution >= 0.6 is 6.72 Å². The number of unbranched alkanes of at least 4 members (excludes halogenated alkanes) is 5. The fourth-order valence-corrected chi connectivity index (χ4v) is 8.25. The fourth-order valence-electron chi connectivity index (χ4n) is 6.56. The van der Waals surface area contributed by atoms with E-state index in [1.165, 1.54) is 0 Å². The molecule has 14 nitrogen and oxygen atoms in total. The second-order valence-electron chi connectivity index (χ2n) is 15.0. The average Bonchev–Trinajstić information content (AvgIpc) is 3.59. The highest BCUT2D eigenvalue weighted by Gasteiger charge is 2.29. The number of fused-ring (bicyclic) bond motifs is 5. The molecule has 2 heterocycles. The smallest absolute Gasteiger partial charge is 0.324 e. The molecule has 0 radical (unpaired) electrons. The Morgan fingerprint density at radius 2 is 1.48 bits per heavy atom. The molecule has 1 atom stereocenters. The van der Waals surface area contributed by atoms with Gasteiger partial charge >= 0.3 is 6.72 Å². The summed E-state index contributed by atoms with van der Waals surface area (Å²) < 4.78 is 18.0. The van der Waals surface area contributed by atoms with Gasteiger partial charge < -0.3 is 34.2 Å². The van der Waals surface area contributed by atoms with Crippen LogP contribution in [0.4, 0.5) is 5.69 Å². The molecule has 58 heavy (non-hydrogen) atoms. The number of nitrogens with zero attached hydrogens (tertiary/aromatic N) is 4. The Morgan fingerprint density at radius 3 is 2.26 bits per heavy atom. The number of rotatable bonds is 26. The number of nitrogens with one attached hydrogen (secondary N) is 2. The monoisotopic (exact) mass is 840 g/mol. The second kappa shape index (κ2) is 24.3. The summed E-state index contributed by atoms with van der Waals surface area (Å²) in [5.41, 5.74) is 4.95. The highest BCUT2D eigenvalue weighted by Crippen LogP contribution is 2.45. The molecule has 0 bridgehead atoms. The van der Waals surface area contributed by atoms with Crippen LogP contribution in [0.1, 0.15) is 104 Å². The van der Waals surface area contributed by atoms with Crippen molar-refractivity contribution >= 4 is 47.7 Å². The van der Waals surface area contributed by atoms with Gasteiger partial charge in [0.15, 0.2) is 0 Å². The Bertz CT molecular complexity index is 1850. The Balaban J connectivity index is 1.24. The highest BCUT2D eigenvalue weighted by atomic mass is 32.5. The molecule has 0 spiro atoms. The summed E-state index contributed by atoms with van der Waals surface area (Å²) >= 11 is 4.99. The van der Waals surface area contributed by atoms with Gasteiger partial charge in [-0.25, -0.2) is 4.68 Å². The van der Waals surface area contributed by atoms with Crippen LogP contribution in [0.2, 0.25) is 0 Å². The lowest BCUT2D eigenvalue weighted by molar-refractivity contribution is -0.125. The number of para-hydroxylation sites is 1. The third kappa shape index (κ3) is 15.4. The molecule has 1 unspecified atom stereocenters. The number of ether oxygens (including phenoxy) is 1. The van der Waals surface area contributed by atoms with Crippen molar-refractivity contribution in [3.63, 3.8) is 0 Å². The zero-order valence-corrected chi connectivity index (χ0v) is 36.2. The molecule has 0 saturated heterocycles. The number of benzene rings is 2. The predicted octanol–water partition coefficient (Wildman–Crippen LogP) is 6.88. The summed E-state index contributed by atoms with van der Waals surface area (Å²) in [7, 11) is 0. The third-order valence-electron chi connectivity index (χ3n) is 9.62. The Kier molecular flexibility index (Phi) is 19.6. The van der Waals surface area contributed by atoms with Gasteiger partial charge in [0.1, 0.15) is 11.5 Å². The van der Waals surface area contributed by atoms with E-state index in [1.54, 1.807) is 18.7 Å². The quantitative estimate of drug-likeness (QED) is 0.0568. The average molecular weight is 841 g/mol. The van der Waals surface area contributed by atoms with E-state index in [2.05, 4.69) is 20.9 Å². The van der Waals surface area contributed by atoms with Gasteiger partial charge in [-0.1, -0.05) is 80.8 Å². The van der Waals surface area contributed by atoms with E-state index in [-0.39, 0.29) is 48.4 Å². The minimum Gasteiger partial charge on any atom is -0.379 e. The third-order valence-corrected chi connectivity index (χ3v) is 11.4. The molecule has 3 aromatic rings. The van der Waals surface area contributed by atoms with Crippen molar-refractivity contribution in [2.24, 2.45) is 5.92 Å². The number of aromatic nitrogens is 3. The number of ketones is 1. The molecule has 0 fully saturated rings. The lowest BCUT2D eigenvalue weighted by Gasteiger charge is -2.28. The lowest BCUT2D eigenvalue weighted by Crippen LogP contribution is -2.34. The maximum atomic E-state index is 13.8. The summed E-state index contributed by atoms with van der Waals surface area (Å²) in [6.07, 6.45) is 6.59. The van der Waals surface area contributed by atoms with Crippen molar-refractivity contribution in [2.75, 3.05) is 37.8 Å².